The van der Waals surface area contributed by atoms with E-state index >= 15 is 0 Å². The fraction of sp³-hybridized carbons (Fsp3) is 0.941. The van der Waals surface area contributed by atoms with Crippen LogP contribution in [-0.4, -0.2) is 24.5 Å². The molecule has 0 aromatic heterocycles. The van der Waals surface area contributed by atoms with E-state index in [-0.39, 0.29) is 5.92 Å². The minimum atomic E-state index is 0.280. The van der Waals surface area contributed by atoms with Gasteiger partial charge in [0.25, 0.3) is 0 Å². The first kappa shape index (κ1) is 15.8. The van der Waals surface area contributed by atoms with Crippen LogP contribution in [0.1, 0.15) is 71.6 Å². The molecule has 1 aliphatic heterocycles. The molecule has 0 spiro atoms. The quantitative estimate of drug-likeness (QED) is 0.811. The summed E-state index contributed by atoms with van der Waals surface area (Å²) >= 11 is 0. The molecule has 0 aromatic carbocycles. The molecule has 2 atom stereocenters. The molecule has 1 amide bonds. The van der Waals surface area contributed by atoms with Gasteiger partial charge in [-0.3, -0.25) is 4.79 Å². The van der Waals surface area contributed by atoms with Gasteiger partial charge >= 0.3 is 0 Å². The Kier molecular flexibility index (Phi) is 6.34. The van der Waals surface area contributed by atoms with Gasteiger partial charge in [0.05, 0.1) is 0 Å². The second-order valence-electron chi connectivity index (χ2n) is 6.86. The summed E-state index contributed by atoms with van der Waals surface area (Å²) in [5, 5.41) is 6.75. The largest absolute Gasteiger partial charge is 0.352 e. The predicted molar refractivity (Wildman–Crippen MR) is 83.6 cm³/mol. The van der Waals surface area contributed by atoms with Gasteiger partial charge in [0.1, 0.15) is 0 Å². The van der Waals surface area contributed by atoms with Gasteiger partial charge in [-0.1, -0.05) is 26.2 Å². The highest BCUT2D eigenvalue weighted by Crippen LogP contribution is 2.32. The molecule has 2 unspecified atom stereocenters. The number of hydrogen-bond acceptors (Lipinski definition) is 2. The van der Waals surface area contributed by atoms with Crippen LogP contribution in [0.3, 0.4) is 0 Å². The maximum atomic E-state index is 12.4. The highest BCUT2D eigenvalue weighted by Gasteiger charge is 2.29. The number of carbonyl (C=O) groups is 1. The highest BCUT2D eigenvalue weighted by molar-refractivity contribution is 5.79. The fourth-order valence-electron chi connectivity index (χ4n) is 3.75. The standard InChI is InChI=1S/C17H32N2O/c1-3-4-6-14-8-10-15(11-9-14)17(20)19-16-7-5-12-18-13(16)2/h13-16,18H,3-12H2,1-2H3,(H,19,20). The number of hydrogen-bond donors (Lipinski definition) is 2. The lowest BCUT2D eigenvalue weighted by Gasteiger charge is -2.33. The lowest BCUT2D eigenvalue weighted by atomic mass is 9.79. The Hall–Kier alpha value is -0.570. The molecule has 2 N–H and O–H groups in total. The minimum absolute atomic E-state index is 0.280. The number of unbranched alkanes of at least 4 members (excludes halogenated alkanes) is 1. The van der Waals surface area contributed by atoms with Crippen LogP contribution in [0.2, 0.25) is 0 Å². The first-order chi connectivity index (χ1) is 9.70. The molecule has 2 rings (SSSR count). The second-order valence-corrected chi connectivity index (χ2v) is 6.86. The molecule has 20 heavy (non-hydrogen) atoms. The van der Waals surface area contributed by atoms with Crippen LogP contribution < -0.4 is 10.6 Å². The Bertz CT molecular complexity index is 297. The van der Waals surface area contributed by atoms with Crippen LogP contribution in [0.4, 0.5) is 0 Å². The Morgan fingerprint density at radius 2 is 1.95 bits per heavy atom. The number of carbonyl (C=O) groups excluding carboxylic acids is 1. The predicted octanol–water partition coefficient (Wildman–Crippen LogP) is 3.24. The second kappa shape index (κ2) is 8.02. The zero-order valence-electron chi connectivity index (χ0n) is 13.3. The summed E-state index contributed by atoms with van der Waals surface area (Å²) in [4.78, 5) is 12.4. The van der Waals surface area contributed by atoms with Crippen molar-refractivity contribution in [2.24, 2.45) is 11.8 Å². The Balaban J connectivity index is 1.71. The van der Waals surface area contributed by atoms with E-state index in [9.17, 15) is 4.79 Å². The summed E-state index contributed by atoms with van der Waals surface area (Å²) in [5.41, 5.74) is 0. The summed E-state index contributed by atoms with van der Waals surface area (Å²) in [6.07, 6.45) is 11.1. The lowest BCUT2D eigenvalue weighted by molar-refractivity contribution is -0.127. The van der Waals surface area contributed by atoms with Gasteiger partial charge < -0.3 is 10.6 Å². The van der Waals surface area contributed by atoms with Crippen molar-refractivity contribution in [3.8, 4) is 0 Å². The van der Waals surface area contributed by atoms with Crippen molar-refractivity contribution < 1.29 is 4.79 Å². The molecule has 116 valence electrons. The molecule has 0 aromatic rings. The molecule has 1 saturated heterocycles. The van der Waals surface area contributed by atoms with Crippen LogP contribution in [0, 0.1) is 11.8 Å². The number of nitrogens with one attached hydrogen (secondary N) is 2. The Labute approximate surface area is 124 Å². The van der Waals surface area contributed by atoms with E-state index in [4.69, 9.17) is 0 Å². The van der Waals surface area contributed by atoms with E-state index in [1.165, 1.54) is 38.5 Å². The average Bonchev–Trinajstić information content (AvgIpc) is 2.48. The van der Waals surface area contributed by atoms with Gasteiger partial charge in [0, 0.05) is 18.0 Å². The van der Waals surface area contributed by atoms with Crippen molar-refractivity contribution in [3.05, 3.63) is 0 Å². The summed E-state index contributed by atoms with van der Waals surface area (Å²) in [6, 6.07) is 0.766. The zero-order chi connectivity index (χ0) is 14.4. The van der Waals surface area contributed by atoms with Gasteiger partial charge in [-0.15, -0.1) is 0 Å². The third-order valence-electron chi connectivity index (χ3n) is 5.27. The van der Waals surface area contributed by atoms with Gasteiger partial charge in [0.2, 0.25) is 5.91 Å². The summed E-state index contributed by atoms with van der Waals surface area (Å²) in [5.74, 6) is 1.48. The molecule has 1 heterocycles. The topological polar surface area (TPSA) is 41.1 Å². The Morgan fingerprint density at radius 1 is 1.20 bits per heavy atom. The summed E-state index contributed by atoms with van der Waals surface area (Å²) < 4.78 is 0. The van der Waals surface area contributed by atoms with E-state index in [0.717, 1.165) is 31.7 Å². The van der Waals surface area contributed by atoms with E-state index in [1.54, 1.807) is 0 Å². The number of piperidine rings is 1. The zero-order valence-corrected chi connectivity index (χ0v) is 13.3. The third kappa shape index (κ3) is 4.47. The highest BCUT2D eigenvalue weighted by atomic mass is 16.1. The fourth-order valence-corrected chi connectivity index (χ4v) is 3.75. The molecular formula is C17H32N2O. The lowest BCUT2D eigenvalue weighted by Crippen LogP contribution is -2.53. The number of amides is 1. The molecule has 2 aliphatic rings. The molecule has 2 fully saturated rings. The molecule has 0 bridgehead atoms. The molecule has 0 radical (unpaired) electrons. The van der Waals surface area contributed by atoms with Crippen molar-refractivity contribution in [3.63, 3.8) is 0 Å². The van der Waals surface area contributed by atoms with Crippen LogP contribution >= 0.6 is 0 Å². The summed E-state index contributed by atoms with van der Waals surface area (Å²) in [6.45, 7) is 5.54. The summed E-state index contributed by atoms with van der Waals surface area (Å²) in [7, 11) is 0. The third-order valence-corrected chi connectivity index (χ3v) is 5.27. The van der Waals surface area contributed by atoms with Crippen LogP contribution in [0.5, 0.6) is 0 Å². The maximum Gasteiger partial charge on any atom is 0.223 e. The molecule has 1 saturated carbocycles. The smallest absolute Gasteiger partial charge is 0.223 e. The first-order valence-corrected chi connectivity index (χ1v) is 8.74. The van der Waals surface area contributed by atoms with Crippen molar-refractivity contribution in [1.29, 1.82) is 0 Å². The van der Waals surface area contributed by atoms with E-state index < -0.39 is 0 Å². The molecule has 1 aliphatic carbocycles. The van der Waals surface area contributed by atoms with Gasteiger partial charge in [-0.05, 0) is 57.9 Å². The minimum Gasteiger partial charge on any atom is -0.352 e. The molecule has 3 heteroatoms. The molecular weight excluding hydrogens is 248 g/mol. The normalized spacial score (nSPS) is 34.7. The van der Waals surface area contributed by atoms with Gasteiger partial charge in [0.15, 0.2) is 0 Å². The van der Waals surface area contributed by atoms with Crippen molar-refractivity contribution in [2.75, 3.05) is 6.54 Å². The van der Waals surface area contributed by atoms with Crippen molar-refractivity contribution in [2.45, 2.75) is 83.7 Å². The van der Waals surface area contributed by atoms with Gasteiger partial charge in [-0.25, -0.2) is 0 Å². The van der Waals surface area contributed by atoms with Crippen molar-refractivity contribution in [1.82, 2.24) is 10.6 Å². The van der Waals surface area contributed by atoms with Crippen LogP contribution in [-0.2, 0) is 4.79 Å². The average molecular weight is 280 g/mol. The molecule has 3 nitrogen and oxygen atoms in total. The van der Waals surface area contributed by atoms with Crippen molar-refractivity contribution >= 4 is 5.91 Å². The first-order valence-electron chi connectivity index (χ1n) is 8.74. The van der Waals surface area contributed by atoms with E-state index in [1.807, 2.05) is 0 Å². The SMILES string of the molecule is CCCCC1CCC(C(=O)NC2CCCNC2C)CC1. The van der Waals surface area contributed by atoms with E-state index in [0.29, 0.717) is 18.0 Å². The van der Waals surface area contributed by atoms with Crippen LogP contribution in [0.25, 0.3) is 0 Å². The van der Waals surface area contributed by atoms with Gasteiger partial charge in [-0.2, -0.15) is 0 Å². The van der Waals surface area contributed by atoms with E-state index in [2.05, 4.69) is 24.5 Å². The van der Waals surface area contributed by atoms with Crippen LogP contribution in [0.15, 0.2) is 0 Å². The monoisotopic (exact) mass is 280 g/mol. The number of rotatable bonds is 5. The Morgan fingerprint density at radius 3 is 2.60 bits per heavy atom. The maximum absolute atomic E-state index is 12.4.